The minimum Gasteiger partial charge on any atom is -0.345 e. The van der Waals surface area contributed by atoms with Gasteiger partial charge in [-0.05, 0) is 13.3 Å². The Balaban J connectivity index is 2.54. The highest BCUT2D eigenvalue weighted by molar-refractivity contribution is 5.81. The first-order chi connectivity index (χ1) is 7.69. The number of hydrogen-bond donors (Lipinski definition) is 2. The topological polar surface area (TPSA) is 107 Å². The van der Waals surface area contributed by atoms with Crippen LogP contribution in [0.15, 0.2) is 0 Å². The van der Waals surface area contributed by atoms with Gasteiger partial charge in [0.15, 0.2) is 5.82 Å². The van der Waals surface area contributed by atoms with E-state index in [0.29, 0.717) is 12.2 Å². The van der Waals surface area contributed by atoms with Crippen LogP contribution in [0.3, 0.4) is 0 Å². The maximum Gasteiger partial charge on any atom is 0.237 e. The van der Waals surface area contributed by atoms with Crippen LogP contribution in [0.5, 0.6) is 0 Å². The van der Waals surface area contributed by atoms with Crippen LogP contribution < -0.4 is 5.32 Å². The van der Waals surface area contributed by atoms with Crippen LogP contribution in [0.1, 0.15) is 38.6 Å². The third-order valence-electron chi connectivity index (χ3n) is 2.16. The molecule has 2 unspecified atom stereocenters. The lowest BCUT2D eigenvalue weighted by molar-refractivity contribution is -0.124. The number of nitriles is 1. The molecule has 7 nitrogen and oxygen atoms in total. The fourth-order valence-corrected chi connectivity index (χ4v) is 1.27. The largest absolute Gasteiger partial charge is 0.345 e. The van der Waals surface area contributed by atoms with E-state index in [4.69, 9.17) is 5.26 Å². The van der Waals surface area contributed by atoms with E-state index >= 15 is 0 Å². The van der Waals surface area contributed by atoms with Crippen LogP contribution in [-0.2, 0) is 4.79 Å². The van der Waals surface area contributed by atoms with Gasteiger partial charge in [0.25, 0.3) is 0 Å². The number of aromatic nitrogens is 4. The number of carbonyl (C=O) groups excluding carboxylic acids is 1. The number of rotatable bonds is 5. The summed E-state index contributed by atoms with van der Waals surface area (Å²) >= 11 is 0. The van der Waals surface area contributed by atoms with Crippen molar-refractivity contribution in [3.05, 3.63) is 5.82 Å². The van der Waals surface area contributed by atoms with Crippen LogP contribution in [0.25, 0.3) is 0 Å². The molecule has 1 aromatic heterocycles. The summed E-state index contributed by atoms with van der Waals surface area (Å²) < 4.78 is 0. The molecule has 0 radical (unpaired) electrons. The Bertz CT molecular complexity index is 368. The molecule has 0 saturated heterocycles. The quantitative estimate of drug-likeness (QED) is 0.745. The Labute approximate surface area is 93.2 Å². The summed E-state index contributed by atoms with van der Waals surface area (Å²) in [5.41, 5.74) is 0. The molecule has 0 aliphatic heterocycles. The first kappa shape index (κ1) is 12.1. The van der Waals surface area contributed by atoms with Gasteiger partial charge >= 0.3 is 0 Å². The summed E-state index contributed by atoms with van der Waals surface area (Å²) in [7, 11) is 0. The lowest BCUT2D eigenvalue weighted by atomic mass is 10.0. The van der Waals surface area contributed by atoms with Crippen LogP contribution in [0, 0.1) is 17.2 Å². The van der Waals surface area contributed by atoms with Crippen LogP contribution in [-0.4, -0.2) is 26.5 Å². The lowest BCUT2D eigenvalue weighted by Gasteiger charge is -2.12. The SMILES string of the molecule is CCCC(C#N)C(=O)NC(C)c1nn[nH]n1. The molecule has 7 heteroatoms. The average Bonchev–Trinajstić information content (AvgIpc) is 2.78. The van der Waals surface area contributed by atoms with E-state index < -0.39 is 5.92 Å². The van der Waals surface area contributed by atoms with Gasteiger partial charge in [0.1, 0.15) is 5.92 Å². The summed E-state index contributed by atoms with van der Waals surface area (Å²) in [5.74, 6) is -0.498. The molecular weight excluding hydrogens is 208 g/mol. The molecule has 16 heavy (non-hydrogen) atoms. The van der Waals surface area contributed by atoms with Crippen LogP contribution in [0.4, 0.5) is 0 Å². The Kier molecular flexibility index (Phi) is 4.39. The first-order valence-electron chi connectivity index (χ1n) is 5.12. The van der Waals surface area contributed by atoms with Gasteiger partial charge in [0.2, 0.25) is 5.91 Å². The predicted octanol–water partition coefficient (Wildman–Crippen LogP) is 0.317. The van der Waals surface area contributed by atoms with Crippen molar-refractivity contribution < 1.29 is 4.79 Å². The van der Waals surface area contributed by atoms with E-state index in [1.807, 2.05) is 13.0 Å². The van der Waals surface area contributed by atoms with E-state index in [0.717, 1.165) is 6.42 Å². The summed E-state index contributed by atoms with van der Waals surface area (Å²) in [6.45, 7) is 3.67. The van der Waals surface area contributed by atoms with Crippen molar-refractivity contribution in [2.24, 2.45) is 5.92 Å². The van der Waals surface area contributed by atoms with Crippen molar-refractivity contribution in [1.29, 1.82) is 5.26 Å². The first-order valence-corrected chi connectivity index (χ1v) is 5.12. The monoisotopic (exact) mass is 222 g/mol. The molecule has 1 heterocycles. The normalized spacial score (nSPS) is 13.8. The highest BCUT2D eigenvalue weighted by Crippen LogP contribution is 2.09. The highest BCUT2D eigenvalue weighted by Gasteiger charge is 2.20. The van der Waals surface area contributed by atoms with Crippen molar-refractivity contribution in [2.75, 3.05) is 0 Å². The Morgan fingerprint density at radius 3 is 2.94 bits per heavy atom. The zero-order valence-corrected chi connectivity index (χ0v) is 9.27. The predicted molar refractivity (Wildman–Crippen MR) is 54.7 cm³/mol. The number of aromatic amines is 1. The molecular formula is C9H14N6O. The number of nitrogens with one attached hydrogen (secondary N) is 2. The molecule has 1 aromatic rings. The highest BCUT2D eigenvalue weighted by atomic mass is 16.1. The number of tetrazole rings is 1. The molecule has 0 saturated carbocycles. The molecule has 0 bridgehead atoms. The smallest absolute Gasteiger partial charge is 0.237 e. The zero-order valence-electron chi connectivity index (χ0n) is 9.27. The van der Waals surface area contributed by atoms with E-state index in [-0.39, 0.29) is 11.9 Å². The molecule has 0 spiro atoms. The van der Waals surface area contributed by atoms with E-state index in [9.17, 15) is 4.79 Å². The fourth-order valence-electron chi connectivity index (χ4n) is 1.27. The van der Waals surface area contributed by atoms with Crippen molar-refractivity contribution in [1.82, 2.24) is 25.9 Å². The van der Waals surface area contributed by atoms with Crippen molar-refractivity contribution in [3.63, 3.8) is 0 Å². The summed E-state index contributed by atoms with van der Waals surface area (Å²) in [6, 6.07) is 1.63. The third-order valence-corrected chi connectivity index (χ3v) is 2.16. The van der Waals surface area contributed by atoms with Gasteiger partial charge in [-0.2, -0.15) is 10.5 Å². The zero-order chi connectivity index (χ0) is 12.0. The van der Waals surface area contributed by atoms with Crippen molar-refractivity contribution >= 4 is 5.91 Å². The fraction of sp³-hybridized carbons (Fsp3) is 0.667. The van der Waals surface area contributed by atoms with Gasteiger partial charge in [0, 0.05) is 0 Å². The second-order valence-electron chi connectivity index (χ2n) is 3.47. The van der Waals surface area contributed by atoms with Gasteiger partial charge in [0.05, 0.1) is 12.1 Å². The summed E-state index contributed by atoms with van der Waals surface area (Å²) in [4.78, 5) is 11.7. The second kappa shape index (κ2) is 5.80. The molecule has 0 aliphatic carbocycles. The number of hydrogen-bond acceptors (Lipinski definition) is 5. The minimum absolute atomic E-state index is 0.290. The summed E-state index contributed by atoms with van der Waals surface area (Å²) in [5, 5.41) is 24.7. The molecule has 86 valence electrons. The van der Waals surface area contributed by atoms with Crippen molar-refractivity contribution in [3.8, 4) is 6.07 Å². The van der Waals surface area contributed by atoms with Crippen molar-refractivity contribution in [2.45, 2.75) is 32.7 Å². The molecule has 0 aliphatic rings. The van der Waals surface area contributed by atoms with Gasteiger partial charge in [-0.25, -0.2) is 0 Å². The van der Waals surface area contributed by atoms with Gasteiger partial charge < -0.3 is 5.32 Å². The van der Waals surface area contributed by atoms with Gasteiger partial charge in [-0.1, -0.05) is 18.6 Å². The molecule has 1 rings (SSSR count). The van der Waals surface area contributed by atoms with Gasteiger partial charge in [-0.3, -0.25) is 4.79 Å². The Hall–Kier alpha value is -1.97. The van der Waals surface area contributed by atoms with E-state index in [2.05, 4.69) is 25.9 Å². The Morgan fingerprint density at radius 1 is 1.69 bits per heavy atom. The maximum absolute atomic E-state index is 11.7. The molecule has 2 N–H and O–H groups in total. The standard InChI is InChI=1S/C9H14N6O/c1-3-4-7(5-10)9(16)11-6(2)8-12-14-15-13-8/h6-7H,3-4H2,1-2H3,(H,11,16)(H,12,13,14,15). The number of carbonyl (C=O) groups is 1. The van der Waals surface area contributed by atoms with Crippen LogP contribution >= 0.6 is 0 Å². The summed E-state index contributed by atoms with van der Waals surface area (Å²) in [6.07, 6.45) is 1.35. The second-order valence-corrected chi connectivity index (χ2v) is 3.47. The van der Waals surface area contributed by atoms with E-state index in [1.54, 1.807) is 6.92 Å². The van der Waals surface area contributed by atoms with E-state index in [1.165, 1.54) is 0 Å². The third kappa shape index (κ3) is 3.02. The number of nitrogens with zero attached hydrogens (tertiary/aromatic N) is 4. The maximum atomic E-state index is 11.7. The van der Waals surface area contributed by atoms with Crippen LogP contribution in [0.2, 0.25) is 0 Å². The average molecular weight is 222 g/mol. The lowest BCUT2D eigenvalue weighted by Crippen LogP contribution is -2.32. The minimum atomic E-state index is -0.612. The molecule has 0 aromatic carbocycles. The van der Waals surface area contributed by atoms with Gasteiger partial charge in [-0.15, -0.1) is 10.2 Å². The molecule has 2 atom stereocenters. The number of H-pyrrole nitrogens is 1. The molecule has 1 amide bonds. The number of amides is 1. The Morgan fingerprint density at radius 2 is 2.44 bits per heavy atom. The molecule has 0 fully saturated rings.